The summed E-state index contributed by atoms with van der Waals surface area (Å²) in [5.41, 5.74) is 7.84. The SMILES string of the molecule is NC(Cc1ccc(Br)cc1)Cc1cc(Cl)ccc1[N+](=O)[O-]. The molecule has 0 amide bonds. The molecule has 0 spiro atoms. The average molecular weight is 370 g/mol. The van der Waals surface area contributed by atoms with Crippen LogP contribution in [0, 0.1) is 10.1 Å². The first-order valence-corrected chi connectivity index (χ1v) is 7.55. The fourth-order valence-electron chi connectivity index (χ4n) is 2.17. The Kier molecular flexibility index (Phi) is 5.33. The van der Waals surface area contributed by atoms with Crippen molar-refractivity contribution in [2.24, 2.45) is 5.73 Å². The molecule has 0 aromatic heterocycles. The van der Waals surface area contributed by atoms with E-state index in [2.05, 4.69) is 15.9 Å². The van der Waals surface area contributed by atoms with E-state index < -0.39 is 4.92 Å². The fourth-order valence-corrected chi connectivity index (χ4v) is 2.63. The summed E-state index contributed by atoms with van der Waals surface area (Å²) in [5, 5.41) is 11.5. The lowest BCUT2D eigenvalue weighted by atomic mass is 9.99. The Morgan fingerprint density at radius 3 is 2.48 bits per heavy atom. The lowest BCUT2D eigenvalue weighted by Crippen LogP contribution is -2.25. The van der Waals surface area contributed by atoms with Gasteiger partial charge >= 0.3 is 0 Å². The molecule has 0 aliphatic carbocycles. The molecule has 0 fully saturated rings. The van der Waals surface area contributed by atoms with Crippen molar-refractivity contribution in [2.45, 2.75) is 18.9 Å². The summed E-state index contributed by atoms with van der Waals surface area (Å²) in [5.74, 6) is 0. The maximum Gasteiger partial charge on any atom is 0.272 e. The molecule has 0 heterocycles. The molecule has 1 unspecified atom stereocenters. The number of nitro benzene ring substituents is 1. The van der Waals surface area contributed by atoms with Crippen molar-refractivity contribution >= 4 is 33.2 Å². The van der Waals surface area contributed by atoms with Gasteiger partial charge in [-0.05, 0) is 42.7 Å². The minimum absolute atomic E-state index is 0.0608. The van der Waals surface area contributed by atoms with Crippen LogP contribution < -0.4 is 5.73 Å². The first-order valence-electron chi connectivity index (χ1n) is 6.38. The quantitative estimate of drug-likeness (QED) is 0.636. The molecular weight excluding hydrogens is 356 g/mol. The normalized spacial score (nSPS) is 12.1. The molecule has 2 aromatic carbocycles. The van der Waals surface area contributed by atoms with E-state index in [0.29, 0.717) is 23.4 Å². The maximum atomic E-state index is 11.0. The van der Waals surface area contributed by atoms with E-state index in [1.807, 2.05) is 24.3 Å². The Hall–Kier alpha value is -1.43. The summed E-state index contributed by atoms with van der Waals surface area (Å²) >= 11 is 9.29. The van der Waals surface area contributed by atoms with Crippen LogP contribution >= 0.6 is 27.5 Å². The summed E-state index contributed by atoms with van der Waals surface area (Å²) in [6, 6.07) is 12.2. The summed E-state index contributed by atoms with van der Waals surface area (Å²) < 4.78 is 1.00. The van der Waals surface area contributed by atoms with Crippen molar-refractivity contribution in [1.29, 1.82) is 0 Å². The molecule has 0 aliphatic heterocycles. The Morgan fingerprint density at radius 1 is 1.19 bits per heavy atom. The van der Waals surface area contributed by atoms with Gasteiger partial charge in [0.1, 0.15) is 0 Å². The molecule has 2 aromatic rings. The van der Waals surface area contributed by atoms with E-state index in [-0.39, 0.29) is 11.7 Å². The van der Waals surface area contributed by atoms with Crippen LogP contribution in [0.5, 0.6) is 0 Å². The Bertz CT molecular complexity index is 647. The number of nitrogens with two attached hydrogens (primary N) is 1. The topological polar surface area (TPSA) is 69.2 Å². The smallest absolute Gasteiger partial charge is 0.272 e. The highest BCUT2D eigenvalue weighted by Crippen LogP contribution is 2.24. The van der Waals surface area contributed by atoms with Crippen LogP contribution in [-0.2, 0) is 12.8 Å². The standard InChI is InChI=1S/C15H14BrClN2O2/c16-12-3-1-10(2-4-12)7-14(18)9-11-8-13(17)5-6-15(11)19(20)21/h1-6,8,14H,7,9,18H2. The van der Waals surface area contributed by atoms with Crippen molar-refractivity contribution in [3.8, 4) is 0 Å². The van der Waals surface area contributed by atoms with Gasteiger partial charge in [-0.15, -0.1) is 0 Å². The lowest BCUT2D eigenvalue weighted by Gasteiger charge is -2.12. The van der Waals surface area contributed by atoms with Crippen LogP contribution in [0.15, 0.2) is 46.9 Å². The number of benzene rings is 2. The number of halogens is 2. The number of hydrogen-bond donors (Lipinski definition) is 1. The molecule has 110 valence electrons. The molecule has 0 aliphatic rings. The zero-order chi connectivity index (χ0) is 15.4. The van der Waals surface area contributed by atoms with E-state index >= 15 is 0 Å². The van der Waals surface area contributed by atoms with Crippen molar-refractivity contribution < 1.29 is 4.92 Å². The third kappa shape index (κ3) is 4.52. The van der Waals surface area contributed by atoms with Crippen molar-refractivity contribution in [3.63, 3.8) is 0 Å². The predicted molar refractivity (Wildman–Crippen MR) is 87.6 cm³/mol. The molecule has 1 atom stereocenters. The van der Waals surface area contributed by atoms with Crippen LogP contribution in [0.4, 0.5) is 5.69 Å². The zero-order valence-electron chi connectivity index (χ0n) is 11.1. The van der Waals surface area contributed by atoms with E-state index in [4.69, 9.17) is 17.3 Å². The van der Waals surface area contributed by atoms with Gasteiger partial charge in [-0.2, -0.15) is 0 Å². The van der Waals surface area contributed by atoms with Gasteiger partial charge in [-0.1, -0.05) is 39.7 Å². The minimum Gasteiger partial charge on any atom is -0.327 e. The zero-order valence-corrected chi connectivity index (χ0v) is 13.5. The molecule has 21 heavy (non-hydrogen) atoms. The monoisotopic (exact) mass is 368 g/mol. The fraction of sp³-hybridized carbons (Fsp3) is 0.200. The Balaban J connectivity index is 2.12. The third-order valence-electron chi connectivity index (χ3n) is 3.13. The van der Waals surface area contributed by atoms with E-state index in [1.54, 1.807) is 6.07 Å². The van der Waals surface area contributed by atoms with Crippen LogP contribution in [-0.4, -0.2) is 11.0 Å². The van der Waals surface area contributed by atoms with Crippen LogP contribution in [0.1, 0.15) is 11.1 Å². The van der Waals surface area contributed by atoms with E-state index in [0.717, 1.165) is 10.0 Å². The maximum absolute atomic E-state index is 11.0. The summed E-state index contributed by atoms with van der Waals surface area (Å²) in [6.45, 7) is 0. The van der Waals surface area contributed by atoms with Gasteiger partial charge < -0.3 is 5.73 Å². The molecule has 6 heteroatoms. The van der Waals surface area contributed by atoms with Crippen molar-refractivity contribution in [2.75, 3.05) is 0 Å². The predicted octanol–water partition coefficient (Wildman–Crippen LogP) is 4.12. The van der Waals surface area contributed by atoms with E-state index in [1.165, 1.54) is 12.1 Å². The third-order valence-corrected chi connectivity index (χ3v) is 3.90. The lowest BCUT2D eigenvalue weighted by molar-refractivity contribution is -0.385. The van der Waals surface area contributed by atoms with Gasteiger partial charge in [-0.3, -0.25) is 10.1 Å². The van der Waals surface area contributed by atoms with Crippen LogP contribution in [0.3, 0.4) is 0 Å². The average Bonchev–Trinajstić information content (AvgIpc) is 2.41. The number of hydrogen-bond acceptors (Lipinski definition) is 3. The summed E-state index contributed by atoms with van der Waals surface area (Å²) in [6.07, 6.45) is 1.06. The molecule has 2 rings (SSSR count). The van der Waals surface area contributed by atoms with Gasteiger partial charge in [0.2, 0.25) is 0 Å². The Morgan fingerprint density at radius 2 is 1.86 bits per heavy atom. The van der Waals surface area contributed by atoms with Gasteiger partial charge in [-0.25, -0.2) is 0 Å². The molecule has 2 N–H and O–H groups in total. The second-order valence-corrected chi connectivity index (χ2v) is 6.18. The highest BCUT2D eigenvalue weighted by atomic mass is 79.9. The largest absolute Gasteiger partial charge is 0.327 e. The second-order valence-electron chi connectivity index (χ2n) is 4.82. The summed E-state index contributed by atoms with van der Waals surface area (Å²) in [7, 11) is 0. The molecule has 4 nitrogen and oxygen atoms in total. The van der Waals surface area contributed by atoms with Gasteiger partial charge in [0.15, 0.2) is 0 Å². The van der Waals surface area contributed by atoms with Gasteiger partial charge in [0.05, 0.1) is 4.92 Å². The van der Waals surface area contributed by atoms with Crippen LogP contribution in [0.2, 0.25) is 5.02 Å². The highest BCUT2D eigenvalue weighted by Gasteiger charge is 2.16. The number of nitrogens with zero attached hydrogens (tertiary/aromatic N) is 1. The van der Waals surface area contributed by atoms with E-state index in [9.17, 15) is 10.1 Å². The second kappa shape index (κ2) is 7.02. The van der Waals surface area contributed by atoms with Crippen LogP contribution in [0.25, 0.3) is 0 Å². The first-order chi connectivity index (χ1) is 9.95. The van der Waals surface area contributed by atoms with Crippen molar-refractivity contribution in [3.05, 3.63) is 73.2 Å². The molecule has 0 radical (unpaired) electrons. The van der Waals surface area contributed by atoms with Gasteiger partial charge in [0, 0.05) is 27.2 Å². The first kappa shape index (κ1) is 15.9. The molecule has 0 saturated carbocycles. The van der Waals surface area contributed by atoms with Gasteiger partial charge in [0.25, 0.3) is 5.69 Å². The Labute approximate surface area is 136 Å². The molecule has 0 saturated heterocycles. The number of nitro groups is 1. The molecule has 0 bridgehead atoms. The highest BCUT2D eigenvalue weighted by molar-refractivity contribution is 9.10. The summed E-state index contributed by atoms with van der Waals surface area (Å²) in [4.78, 5) is 10.6. The molecular formula is C15H14BrClN2O2. The number of rotatable bonds is 5. The minimum atomic E-state index is -0.405. The van der Waals surface area contributed by atoms with Crippen molar-refractivity contribution in [1.82, 2.24) is 0 Å².